The highest BCUT2D eigenvalue weighted by Crippen LogP contribution is 2.31. The van der Waals surface area contributed by atoms with Crippen LogP contribution in [-0.4, -0.2) is 6.73 Å². The molecule has 3 heteroatoms. The van der Waals surface area contributed by atoms with Crippen LogP contribution in [0.4, 0.5) is 5.69 Å². The number of hydrogen-bond donors (Lipinski definition) is 0. The van der Waals surface area contributed by atoms with Gasteiger partial charge in [-0.2, -0.15) is 0 Å². The Morgan fingerprint density at radius 1 is 1.24 bits per heavy atom. The average molecular weight is 252 g/mol. The van der Waals surface area contributed by atoms with Gasteiger partial charge < -0.3 is 9.64 Å². The molecular weight excluding hydrogens is 234 g/mol. The van der Waals surface area contributed by atoms with Gasteiger partial charge in [0.25, 0.3) is 0 Å². The number of anilines is 1. The number of ether oxygens (including phenoxy) is 1. The van der Waals surface area contributed by atoms with Crippen LogP contribution in [0.25, 0.3) is 0 Å². The average Bonchev–Trinajstić information content (AvgIpc) is 2.62. The molecule has 1 aromatic rings. The zero-order valence-electron chi connectivity index (χ0n) is 10.7. The van der Waals surface area contributed by atoms with Gasteiger partial charge in [-0.05, 0) is 36.1 Å². The fraction of sp³-hybridized carbons (Fsp3) is 0.429. The molecule has 0 N–H and O–H groups in total. The molecule has 0 saturated heterocycles. The molecule has 0 aromatic heterocycles. The molecule has 0 fully saturated rings. The number of hydrogen-bond acceptors (Lipinski definition) is 2. The molecule has 1 aliphatic rings. The summed E-state index contributed by atoms with van der Waals surface area (Å²) in [6, 6.07) is 6.16. The second-order valence-corrected chi connectivity index (χ2v) is 5.87. The van der Waals surface area contributed by atoms with Crippen molar-refractivity contribution in [1.29, 1.82) is 0 Å². The lowest BCUT2D eigenvalue weighted by Crippen LogP contribution is -2.16. The van der Waals surface area contributed by atoms with E-state index in [1.165, 1.54) is 5.56 Å². The van der Waals surface area contributed by atoms with Gasteiger partial charge >= 0.3 is 0 Å². The zero-order chi connectivity index (χ0) is 12.6. The Bertz CT molecular complexity index is 460. The normalized spacial score (nSPS) is 15.8. The SMILES string of the molecule is CC1=CN(c2cc(Cl)cc(C(C)(C)C)c2)CO1. The predicted molar refractivity (Wildman–Crippen MR) is 72.3 cm³/mol. The van der Waals surface area contributed by atoms with Gasteiger partial charge in [0.2, 0.25) is 0 Å². The molecule has 0 saturated carbocycles. The van der Waals surface area contributed by atoms with E-state index >= 15 is 0 Å². The van der Waals surface area contributed by atoms with Crippen molar-refractivity contribution in [3.8, 4) is 0 Å². The molecule has 17 heavy (non-hydrogen) atoms. The Labute approximate surface area is 108 Å². The maximum atomic E-state index is 6.18. The van der Waals surface area contributed by atoms with E-state index in [2.05, 4.69) is 31.7 Å². The number of benzene rings is 1. The highest BCUT2D eigenvalue weighted by Gasteiger charge is 2.18. The summed E-state index contributed by atoms with van der Waals surface area (Å²) in [5.41, 5.74) is 2.41. The van der Waals surface area contributed by atoms with Gasteiger partial charge in [0, 0.05) is 16.9 Å². The summed E-state index contributed by atoms with van der Waals surface area (Å²) in [6.45, 7) is 9.07. The van der Waals surface area contributed by atoms with E-state index in [0.29, 0.717) is 6.73 Å². The fourth-order valence-electron chi connectivity index (χ4n) is 1.79. The molecule has 0 unspecified atom stereocenters. The molecule has 1 aromatic carbocycles. The van der Waals surface area contributed by atoms with Crippen molar-refractivity contribution < 1.29 is 4.74 Å². The molecule has 2 rings (SSSR count). The number of rotatable bonds is 1. The predicted octanol–water partition coefficient (Wildman–Crippen LogP) is 4.29. The lowest BCUT2D eigenvalue weighted by atomic mass is 9.87. The van der Waals surface area contributed by atoms with Gasteiger partial charge in [0.1, 0.15) is 5.76 Å². The summed E-state index contributed by atoms with van der Waals surface area (Å²) >= 11 is 6.18. The summed E-state index contributed by atoms with van der Waals surface area (Å²) in [7, 11) is 0. The third kappa shape index (κ3) is 2.75. The molecule has 2 nitrogen and oxygen atoms in total. The Morgan fingerprint density at radius 3 is 2.47 bits per heavy atom. The molecule has 1 heterocycles. The minimum atomic E-state index is 0.0962. The van der Waals surface area contributed by atoms with Crippen molar-refractivity contribution in [3.05, 3.63) is 40.7 Å². The van der Waals surface area contributed by atoms with E-state index in [4.69, 9.17) is 16.3 Å². The summed E-state index contributed by atoms with van der Waals surface area (Å²) in [5, 5.41) is 0.769. The Hall–Kier alpha value is -1.15. The van der Waals surface area contributed by atoms with E-state index < -0.39 is 0 Å². The van der Waals surface area contributed by atoms with Gasteiger partial charge in [-0.25, -0.2) is 0 Å². The molecule has 0 amide bonds. The minimum absolute atomic E-state index is 0.0962. The van der Waals surface area contributed by atoms with Crippen LogP contribution in [0.3, 0.4) is 0 Å². The monoisotopic (exact) mass is 251 g/mol. The fourth-order valence-corrected chi connectivity index (χ4v) is 2.02. The second-order valence-electron chi connectivity index (χ2n) is 5.43. The van der Waals surface area contributed by atoms with E-state index in [-0.39, 0.29) is 5.41 Å². The van der Waals surface area contributed by atoms with Crippen LogP contribution in [0, 0.1) is 0 Å². The molecule has 0 spiro atoms. The maximum Gasteiger partial charge on any atom is 0.164 e. The van der Waals surface area contributed by atoms with E-state index in [1.807, 2.05) is 25.3 Å². The first-order chi connectivity index (χ1) is 7.86. The van der Waals surface area contributed by atoms with Gasteiger partial charge in [-0.15, -0.1) is 0 Å². The lowest BCUT2D eigenvalue weighted by molar-refractivity contribution is 0.247. The van der Waals surface area contributed by atoms with E-state index in [9.17, 15) is 0 Å². The van der Waals surface area contributed by atoms with Crippen LogP contribution in [-0.2, 0) is 10.2 Å². The summed E-state index contributed by atoms with van der Waals surface area (Å²) < 4.78 is 5.43. The van der Waals surface area contributed by atoms with Gasteiger partial charge in [-0.3, -0.25) is 0 Å². The van der Waals surface area contributed by atoms with E-state index in [0.717, 1.165) is 16.5 Å². The third-order valence-corrected chi connectivity index (χ3v) is 3.07. The molecule has 1 aliphatic heterocycles. The summed E-state index contributed by atoms with van der Waals surface area (Å²) in [4.78, 5) is 2.07. The van der Waals surface area contributed by atoms with Gasteiger partial charge in [-0.1, -0.05) is 32.4 Å². The highest BCUT2D eigenvalue weighted by molar-refractivity contribution is 6.31. The van der Waals surface area contributed by atoms with Crippen LogP contribution in [0.15, 0.2) is 30.2 Å². The van der Waals surface area contributed by atoms with E-state index in [1.54, 1.807) is 0 Å². The maximum absolute atomic E-state index is 6.18. The smallest absolute Gasteiger partial charge is 0.164 e. The first kappa shape index (κ1) is 12.3. The van der Waals surface area contributed by atoms with Gasteiger partial charge in [0.05, 0.1) is 0 Å². The third-order valence-electron chi connectivity index (χ3n) is 2.85. The van der Waals surface area contributed by atoms with Crippen LogP contribution >= 0.6 is 11.6 Å². The van der Waals surface area contributed by atoms with Gasteiger partial charge in [0.15, 0.2) is 6.73 Å². The Morgan fingerprint density at radius 2 is 1.94 bits per heavy atom. The van der Waals surface area contributed by atoms with Crippen molar-refractivity contribution in [3.63, 3.8) is 0 Å². The first-order valence-corrected chi connectivity index (χ1v) is 6.13. The van der Waals surface area contributed by atoms with Crippen molar-refractivity contribution in [1.82, 2.24) is 0 Å². The van der Waals surface area contributed by atoms with Crippen LogP contribution in [0.5, 0.6) is 0 Å². The number of nitrogens with zero attached hydrogens (tertiary/aromatic N) is 1. The van der Waals surface area contributed by atoms with Crippen molar-refractivity contribution in [2.24, 2.45) is 0 Å². The van der Waals surface area contributed by atoms with Crippen molar-refractivity contribution in [2.45, 2.75) is 33.1 Å². The quantitative estimate of drug-likeness (QED) is 0.738. The lowest BCUT2D eigenvalue weighted by Gasteiger charge is -2.22. The molecular formula is C14H18ClNO. The van der Waals surface area contributed by atoms with Crippen LogP contribution in [0.1, 0.15) is 33.3 Å². The standard InChI is InChI=1S/C14H18ClNO/c1-10-8-16(9-17-10)13-6-11(14(2,3)4)5-12(15)7-13/h5-8H,9H2,1-4H3. The number of allylic oxidation sites excluding steroid dienone is 1. The molecule has 0 atom stereocenters. The van der Waals surface area contributed by atoms with Crippen molar-refractivity contribution >= 4 is 17.3 Å². The largest absolute Gasteiger partial charge is 0.476 e. The van der Waals surface area contributed by atoms with Crippen molar-refractivity contribution in [2.75, 3.05) is 11.6 Å². The summed E-state index contributed by atoms with van der Waals surface area (Å²) in [6.07, 6.45) is 2.00. The van der Waals surface area contributed by atoms with Crippen LogP contribution in [0.2, 0.25) is 5.02 Å². The Balaban J connectivity index is 2.39. The number of halogens is 1. The highest BCUT2D eigenvalue weighted by atomic mass is 35.5. The zero-order valence-corrected chi connectivity index (χ0v) is 11.5. The second kappa shape index (κ2) is 4.26. The Kier molecular flexibility index (Phi) is 3.09. The minimum Gasteiger partial charge on any atom is -0.476 e. The molecule has 92 valence electrons. The molecule has 0 bridgehead atoms. The van der Waals surface area contributed by atoms with Crippen LogP contribution < -0.4 is 4.90 Å². The molecule has 0 aliphatic carbocycles. The first-order valence-electron chi connectivity index (χ1n) is 5.75. The molecule has 0 radical (unpaired) electrons. The summed E-state index contributed by atoms with van der Waals surface area (Å²) in [5.74, 6) is 0.933. The topological polar surface area (TPSA) is 12.5 Å².